The van der Waals surface area contributed by atoms with E-state index in [-0.39, 0.29) is 12.0 Å². The predicted octanol–water partition coefficient (Wildman–Crippen LogP) is 3.59. The Morgan fingerprint density at radius 3 is 2.50 bits per heavy atom. The van der Waals surface area contributed by atoms with Crippen molar-refractivity contribution in [2.24, 2.45) is 0 Å². The van der Waals surface area contributed by atoms with Gasteiger partial charge >= 0.3 is 153 Å². The van der Waals surface area contributed by atoms with Crippen molar-refractivity contribution in [1.29, 1.82) is 0 Å². The third-order valence-corrected chi connectivity index (χ3v) is 4.53. The number of carbonyl (C=O) groups is 1. The molecule has 1 heterocycles. The summed E-state index contributed by atoms with van der Waals surface area (Å²) in [7, 11) is 0. The van der Waals surface area contributed by atoms with Crippen LogP contribution in [0.5, 0.6) is 0 Å². The second kappa shape index (κ2) is 7.49. The van der Waals surface area contributed by atoms with E-state index in [0.717, 1.165) is 4.50 Å². The Balaban J connectivity index is 2.06. The molecule has 1 aliphatic rings. The van der Waals surface area contributed by atoms with Gasteiger partial charge in [0.15, 0.2) is 0 Å². The zero-order valence-electron chi connectivity index (χ0n) is 15.2. The monoisotopic (exact) mass is 369 g/mol. The summed E-state index contributed by atoms with van der Waals surface area (Å²) in [6, 6.07) is 10.5. The van der Waals surface area contributed by atoms with E-state index in [1.807, 2.05) is 39.0 Å². The van der Waals surface area contributed by atoms with Crippen molar-refractivity contribution in [1.82, 2.24) is 4.90 Å². The fraction of sp³-hybridized carbons (Fsp3) is 0.579. The number of benzene rings is 1. The van der Waals surface area contributed by atoms with Gasteiger partial charge in [-0.1, -0.05) is 0 Å². The van der Waals surface area contributed by atoms with Gasteiger partial charge in [0.25, 0.3) is 0 Å². The third-order valence-electron chi connectivity index (χ3n) is 3.90. The molecule has 0 bridgehead atoms. The summed E-state index contributed by atoms with van der Waals surface area (Å²) in [6.07, 6.45) is 0.971. The quantitative estimate of drug-likeness (QED) is 0.744. The molecule has 0 N–H and O–H groups in total. The maximum atomic E-state index is 12.0. The number of hydrogen-bond acceptors (Lipinski definition) is 4. The number of nitrogens with zero attached hydrogens (tertiary/aromatic N) is 1. The summed E-state index contributed by atoms with van der Waals surface area (Å²) >= 11 is 3.15. The van der Waals surface area contributed by atoms with E-state index >= 15 is 0 Å². The second-order valence-electron chi connectivity index (χ2n) is 7.53. The molecule has 1 fully saturated rings. The second-order valence-corrected chi connectivity index (χ2v) is 8.27. The molecule has 1 aliphatic heterocycles. The molecule has 1 atom stereocenters. The van der Waals surface area contributed by atoms with Gasteiger partial charge in [-0.05, 0) is 0 Å². The molecule has 4 nitrogen and oxygen atoms in total. The molecule has 5 heteroatoms. The standard InChI is InChI=1S/C19H27NO3.Cr/c1-18(2,3)23-17(21)12-9-13-20-16(14-22-19(20,4)5)15-10-7-6-8-11-15;/h6-8,10-11,16H,9,12,14H2,1-5H3;/t16-;/m0./s1. The number of carbonyl (C=O) groups excluding carboxylic acids is 1. The summed E-state index contributed by atoms with van der Waals surface area (Å²) in [5, 5.41) is 0. The molecular weight excluding hydrogens is 342 g/mol. The van der Waals surface area contributed by atoms with Gasteiger partial charge in [-0.25, -0.2) is 0 Å². The molecule has 0 saturated carbocycles. The predicted molar refractivity (Wildman–Crippen MR) is 91.1 cm³/mol. The summed E-state index contributed by atoms with van der Waals surface area (Å²) in [5.74, 6) is -0.176. The van der Waals surface area contributed by atoms with Gasteiger partial charge in [-0.15, -0.1) is 0 Å². The average Bonchev–Trinajstić information content (AvgIpc) is 2.79. The van der Waals surface area contributed by atoms with E-state index in [9.17, 15) is 4.79 Å². The fourth-order valence-corrected chi connectivity index (χ4v) is 3.62. The Hall–Kier alpha value is -0.988. The molecule has 1 aromatic carbocycles. The first-order valence-corrected chi connectivity index (χ1v) is 8.97. The summed E-state index contributed by atoms with van der Waals surface area (Å²) < 4.78 is 12.4. The van der Waals surface area contributed by atoms with Crippen molar-refractivity contribution in [3.63, 3.8) is 0 Å². The SMILES string of the molecule is CC(C)(C)OC(=O)CC[C](=[Cr])N1[C@H](c2ccccc2)COC1(C)C. The number of hydrogen-bond donors (Lipinski definition) is 0. The van der Waals surface area contributed by atoms with E-state index < -0.39 is 11.3 Å². The topological polar surface area (TPSA) is 38.8 Å². The zero-order valence-corrected chi connectivity index (χ0v) is 16.4. The van der Waals surface area contributed by atoms with Crippen molar-refractivity contribution in [2.45, 2.75) is 64.8 Å². The van der Waals surface area contributed by atoms with Gasteiger partial charge in [0.2, 0.25) is 0 Å². The number of ether oxygens (including phenoxy) is 2. The van der Waals surface area contributed by atoms with Crippen molar-refractivity contribution >= 4 is 10.5 Å². The maximum absolute atomic E-state index is 12.0. The number of esters is 1. The van der Waals surface area contributed by atoms with Gasteiger partial charge < -0.3 is 0 Å². The van der Waals surface area contributed by atoms with Crippen molar-refractivity contribution < 1.29 is 30.1 Å². The minimum absolute atomic E-state index is 0.149. The summed E-state index contributed by atoms with van der Waals surface area (Å²) in [6.45, 7) is 10.4. The van der Waals surface area contributed by atoms with Crippen LogP contribution in [0.1, 0.15) is 59.1 Å². The molecular formula is C19H27CrNO3. The van der Waals surface area contributed by atoms with Crippen LogP contribution in [0, 0.1) is 0 Å². The van der Waals surface area contributed by atoms with Gasteiger partial charge in [-0.3, -0.25) is 0 Å². The first kappa shape index (κ1) is 19.3. The van der Waals surface area contributed by atoms with Crippen molar-refractivity contribution in [2.75, 3.05) is 6.61 Å². The summed E-state index contributed by atoms with van der Waals surface area (Å²) in [5.41, 5.74) is 0.361. The Morgan fingerprint density at radius 2 is 1.92 bits per heavy atom. The Labute approximate surface area is 153 Å². The van der Waals surface area contributed by atoms with Crippen LogP contribution in [-0.2, 0) is 30.1 Å². The molecule has 0 aliphatic carbocycles. The van der Waals surface area contributed by atoms with Gasteiger partial charge in [0.1, 0.15) is 0 Å². The molecule has 1 aromatic rings. The van der Waals surface area contributed by atoms with E-state index in [1.165, 1.54) is 5.56 Å². The molecule has 132 valence electrons. The molecule has 0 spiro atoms. The van der Waals surface area contributed by atoms with Crippen LogP contribution in [0.2, 0.25) is 0 Å². The average molecular weight is 369 g/mol. The zero-order chi connectivity index (χ0) is 18.0. The molecule has 0 radical (unpaired) electrons. The van der Waals surface area contributed by atoms with Crippen LogP contribution >= 0.6 is 0 Å². The fourth-order valence-electron chi connectivity index (χ4n) is 2.92. The minimum atomic E-state index is -0.447. The van der Waals surface area contributed by atoms with Crippen LogP contribution in [0.15, 0.2) is 30.3 Å². The Bertz CT molecular complexity index is 592. The molecule has 0 unspecified atom stereocenters. The van der Waals surface area contributed by atoms with Crippen LogP contribution in [0.3, 0.4) is 0 Å². The number of rotatable bonds is 5. The first-order valence-electron chi connectivity index (χ1n) is 8.33. The van der Waals surface area contributed by atoms with Crippen LogP contribution < -0.4 is 0 Å². The normalized spacial score (nSPS) is 20.8. The van der Waals surface area contributed by atoms with E-state index in [4.69, 9.17) is 9.47 Å². The van der Waals surface area contributed by atoms with E-state index in [2.05, 4.69) is 46.7 Å². The first-order chi connectivity index (χ1) is 11.1. The van der Waals surface area contributed by atoms with E-state index in [1.54, 1.807) is 0 Å². The van der Waals surface area contributed by atoms with Crippen LogP contribution in [0.25, 0.3) is 0 Å². The Kier molecular flexibility index (Phi) is 6.04. The van der Waals surface area contributed by atoms with Gasteiger partial charge in [-0.2, -0.15) is 0 Å². The summed E-state index contributed by atoms with van der Waals surface area (Å²) in [4.78, 5) is 14.2. The van der Waals surface area contributed by atoms with E-state index in [0.29, 0.717) is 19.4 Å². The molecule has 0 amide bonds. The molecule has 0 aromatic heterocycles. The molecule has 1 saturated heterocycles. The molecule has 2 rings (SSSR count). The van der Waals surface area contributed by atoms with Crippen LogP contribution in [0.4, 0.5) is 0 Å². The van der Waals surface area contributed by atoms with Crippen molar-refractivity contribution in [3.05, 3.63) is 35.9 Å². The van der Waals surface area contributed by atoms with Gasteiger partial charge in [0, 0.05) is 0 Å². The Morgan fingerprint density at radius 1 is 1.29 bits per heavy atom. The third kappa shape index (κ3) is 5.00. The molecule has 24 heavy (non-hydrogen) atoms. The van der Waals surface area contributed by atoms with Crippen LogP contribution in [-0.4, -0.2) is 33.3 Å². The van der Waals surface area contributed by atoms with Crippen molar-refractivity contribution in [3.8, 4) is 0 Å². The van der Waals surface area contributed by atoms with Gasteiger partial charge in [0.05, 0.1) is 0 Å².